The Morgan fingerprint density at radius 1 is 1.39 bits per heavy atom. The van der Waals surface area contributed by atoms with Crippen molar-refractivity contribution in [3.05, 3.63) is 56.9 Å². The van der Waals surface area contributed by atoms with Gasteiger partial charge in [-0.25, -0.2) is 0 Å². The second-order valence-corrected chi connectivity index (χ2v) is 5.33. The maximum atomic E-state index is 6.40. The van der Waals surface area contributed by atoms with Crippen LogP contribution in [0.5, 0.6) is 0 Å². The third kappa shape index (κ3) is 2.63. The van der Waals surface area contributed by atoms with Gasteiger partial charge in [-0.15, -0.1) is 0 Å². The number of hydrogen-bond donors (Lipinski definition) is 1. The molecule has 18 heavy (non-hydrogen) atoms. The molecule has 0 saturated carbocycles. The summed E-state index contributed by atoms with van der Waals surface area (Å²) in [4.78, 5) is 0. The molecular formula is C14H15BrClNO. The van der Waals surface area contributed by atoms with Gasteiger partial charge in [0.25, 0.3) is 0 Å². The number of halogens is 2. The average molecular weight is 329 g/mol. The monoisotopic (exact) mass is 327 g/mol. The van der Waals surface area contributed by atoms with Gasteiger partial charge >= 0.3 is 0 Å². The molecule has 2 nitrogen and oxygen atoms in total. The molecular weight excluding hydrogens is 314 g/mol. The molecule has 2 aromatic rings. The van der Waals surface area contributed by atoms with Crippen LogP contribution in [0.25, 0.3) is 0 Å². The third-order valence-electron chi connectivity index (χ3n) is 2.85. The predicted molar refractivity (Wildman–Crippen MR) is 78.1 cm³/mol. The highest BCUT2D eigenvalue weighted by Crippen LogP contribution is 2.34. The van der Waals surface area contributed by atoms with E-state index in [0.717, 1.165) is 32.9 Å². The molecule has 2 rings (SSSR count). The van der Waals surface area contributed by atoms with E-state index in [9.17, 15) is 0 Å². The van der Waals surface area contributed by atoms with Crippen LogP contribution in [0.2, 0.25) is 5.02 Å². The Kier molecular flexibility index (Phi) is 4.49. The lowest BCUT2D eigenvalue weighted by atomic mass is 10.0. The topological polar surface area (TPSA) is 25.2 Å². The Hall–Kier alpha value is -0.770. The lowest BCUT2D eigenvalue weighted by Crippen LogP contribution is -2.22. The van der Waals surface area contributed by atoms with E-state index < -0.39 is 0 Å². The van der Waals surface area contributed by atoms with Crippen molar-refractivity contribution in [2.24, 2.45) is 0 Å². The molecule has 1 aromatic heterocycles. The van der Waals surface area contributed by atoms with Crippen LogP contribution >= 0.6 is 27.5 Å². The maximum Gasteiger partial charge on any atom is 0.139 e. The molecule has 4 heteroatoms. The fourth-order valence-electron chi connectivity index (χ4n) is 1.95. The summed E-state index contributed by atoms with van der Waals surface area (Å²) in [5.74, 6) is 0.851. The SMILES string of the molecule is CCNC(c1cccc(C)c1Cl)c1occc1Br. The number of hydrogen-bond acceptors (Lipinski definition) is 2. The number of furan rings is 1. The third-order valence-corrected chi connectivity index (χ3v) is 4.02. The van der Waals surface area contributed by atoms with Crippen molar-refractivity contribution in [3.8, 4) is 0 Å². The van der Waals surface area contributed by atoms with Gasteiger partial charge in [0.05, 0.1) is 16.8 Å². The van der Waals surface area contributed by atoms with Crippen LogP contribution in [0.3, 0.4) is 0 Å². The lowest BCUT2D eigenvalue weighted by molar-refractivity contribution is 0.450. The van der Waals surface area contributed by atoms with Crippen molar-refractivity contribution in [2.45, 2.75) is 19.9 Å². The molecule has 0 bridgehead atoms. The van der Waals surface area contributed by atoms with Gasteiger partial charge in [0, 0.05) is 5.02 Å². The highest BCUT2D eigenvalue weighted by Gasteiger charge is 2.21. The molecule has 0 amide bonds. The molecule has 0 radical (unpaired) electrons. The quantitative estimate of drug-likeness (QED) is 0.880. The fourth-order valence-corrected chi connectivity index (χ4v) is 2.62. The van der Waals surface area contributed by atoms with Crippen LogP contribution in [0.15, 0.2) is 39.4 Å². The highest BCUT2D eigenvalue weighted by molar-refractivity contribution is 9.10. The molecule has 1 heterocycles. The van der Waals surface area contributed by atoms with Gasteiger partial charge in [-0.3, -0.25) is 0 Å². The first-order valence-electron chi connectivity index (χ1n) is 5.86. The first-order chi connectivity index (χ1) is 8.65. The standard InChI is InChI=1S/C14H15BrClNO/c1-3-17-13(14-11(15)7-8-18-14)10-6-4-5-9(2)12(10)16/h4-8,13,17H,3H2,1-2H3. The van der Waals surface area contributed by atoms with Crippen molar-refractivity contribution in [3.63, 3.8) is 0 Å². The molecule has 0 aliphatic carbocycles. The van der Waals surface area contributed by atoms with Crippen LogP contribution < -0.4 is 5.32 Å². The first kappa shape index (κ1) is 13.7. The summed E-state index contributed by atoms with van der Waals surface area (Å²) in [6.45, 7) is 4.90. The van der Waals surface area contributed by atoms with Gasteiger partial charge in [0.2, 0.25) is 0 Å². The Balaban J connectivity index is 2.48. The first-order valence-corrected chi connectivity index (χ1v) is 7.03. The minimum absolute atomic E-state index is 0.0354. The van der Waals surface area contributed by atoms with Crippen molar-refractivity contribution >= 4 is 27.5 Å². The highest BCUT2D eigenvalue weighted by atomic mass is 79.9. The Morgan fingerprint density at radius 3 is 2.78 bits per heavy atom. The minimum atomic E-state index is -0.0354. The van der Waals surface area contributed by atoms with Crippen LogP contribution in [-0.2, 0) is 0 Å². The van der Waals surface area contributed by atoms with Crippen LogP contribution in [0.4, 0.5) is 0 Å². The van der Waals surface area contributed by atoms with Crippen LogP contribution in [0.1, 0.15) is 29.9 Å². The van der Waals surface area contributed by atoms with Crippen molar-refractivity contribution in [1.82, 2.24) is 5.32 Å². The van der Waals surface area contributed by atoms with E-state index >= 15 is 0 Å². The van der Waals surface area contributed by atoms with Crippen molar-refractivity contribution in [1.29, 1.82) is 0 Å². The number of nitrogens with one attached hydrogen (secondary N) is 1. The van der Waals surface area contributed by atoms with E-state index in [2.05, 4.69) is 28.2 Å². The second kappa shape index (κ2) is 5.91. The summed E-state index contributed by atoms with van der Waals surface area (Å²) in [6.07, 6.45) is 1.67. The van der Waals surface area contributed by atoms with Gasteiger partial charge in [0.15, 0.2) is 0 Å². The van der Waals surface area contributed by atoms with Gasteiger partial charge in [-0.2, -0.15) is 0 Å². The van der Waals surface area contributed by atoms with Gasteiger partial charge in [-0.05, 0) is 46.6 Å². The summed E-state index contributed by atoms with van der Waals surface area (Å²) in [5, 5.41) is 4.19. The summed E-state index contributed by atoms with van der Waals surface area (Å²) >= 11 is 9.90. The number of aryl methyl sites for hydroxylation is 1. The Labute approximate surface area is 120 Å². The fraction of sp³-hybridized carbons (Fsp3) is 0.286. The van der Waals surface area contributed by atoms with E-state index in [-0.39, 0.29) is 6.04 Å². The van der Waals surface area contributed by atoms with E-state index in [1.807, 2.05) is 31.2 Å². The van der Waals surface area contributed by atoms with Gasteiger partial charge in [0.1, 0.15) is 5.76 Å². The molecule has 0 saturated heterocycles. The molecule has 1 N–H and O–H groups in total. The summed E-state index contributed by atoms with van der Waals surface area (Å²) in [7, 11) is 0. The van der Waals surface area contributed by atoms with Crippen molar-refractivity contribution in [2.75, 3.05) is 6.54 Å². The molecule has 0 aliphatic rings. The molecule has 0 spiro atoms. The predicted octanol–water partition coefficient (Wildman–Crippen LogP) is 4.70. The minimum Gasteiger partial charge on any atom is -0.466 e. The number of benzene rings is 1. The zero-order valence-corrected chi connectivity index (χ0v) is 12.7. The van der Waals surface area contributed by atoms with Gasteiger partial charge in [-0.1, -0.05) is 36.7 Å². The van der Waals surface area contributed by atoms with Crippen LogP contribution in [-0.4, -0.2) is 6.54 Å². The molecule has 0 aliphatic heterocycles. The smallest absolute Gasteiger partial charge is 0.139 e. The Morgan fingerprint density at radius 2 is 2.17 bits per heavy atom. The van der Waals surface area contributed by atoms with E-state index in [1.54, 1.807) is 6.26 Å². The maximum absolute atomic E-state index is 6.40. The molecule has 1 unspecified atom stereocenters. The number of rotatable bonds is 4. The second-order valence-electron chi connectivity index (χ2n) is 4.10. The van der Waals surface area contributed by atoms with E-state index in [4.69, 9.17) is 16.0 Å². The molecule has 96 valence electrons. The summed E-state index contributed by atoms with van der Waals surface area (Å²) in [5.41, 5.74) is 2.11. The summed E-state index contributed by atoms with van der Waals surface area (Å²) in [6, 6.07) is 7.90. The van der Waals surface area contributed by atoms with E-state index in [0.29, 0.717) is 0 Å². The molecule has 1 aromatic carbocycles. The summed E-state index contributed by atoms with van der Waals surface area (Å²) < 4.78 is 6.51. The largest absolute Gasteiger partial charge is 0.466 e. The Bertz CT molecular complexity index is 538. The average Bonchev–Trinajstić information content (AvgIpc) is 2.76. The van der Waals surface area contributed by atoms with Crippen LogP contribution in [0, 0.1) is 6.92 Å². The lowest BCUT2D eigenvalue weighted by Gasteiger charge is -2.19. The zero-order valence-electron chi connectivity index (χ0n) is 10.3. The molecule has 0 fully saturated rings. The van der Waals surface area contributed by atoms with E-state index in [1.165, 1.54) is 0 Å². The zero-order chi connectivity index (χ0) is 13.1. The van der Waals surface area contributed by atoms with Gasteiger partial charge < -0.3 is 9.73 Å². The van der Waals surface area contributed by atoms with Crippen molar-refractivity contribution < 1.29 is 4.42 Å². The normalized spacial score (nSPS) is 12.7. The molecule has 1 atom stereocenters.